The Morgan fingerprint density at radius 2 is 1.96 bits per heavy atom. The smallest absolute Gasteiger partial charge is 0.309 e. The molecule has 1 aromatic heterocycles. The Kier molecular flexibility index (Phi) is 5.67. The molecule has 1 aromatic carbocycles. The first-order valence-electron chi connectivity index (χ1n) is 8.36. The number of halogens is 1. The summed E-state index contributed by atoms with van der Waals surface area (Å²) >= 11 is 3.56. The molecule has 8 nitrogen and oxygen atoms in total. The number of hydrogen-bond acceptors (Lipinski definition) is 5. The van der Waals surface area contributed by atoms with Crippen molar-refractivity contribution in [3.63, 3.8) is 0 Å². The van der Waals surface area contributed by atoms with Crippen LogP contribution in [0.25, 0.3) is 0 Å². The summed E-state index contributed by atoms with van der Waals surface area (Å²) in [4.78, 5) is 26.9. The molecular weight excluding hydrogens is 402 g/mol. The first-order valence-corrected chi connectivity index (χ1v) is 9.15. The Labute approximate surface area is 159 Å². The van der Waals surface area contributed by atoms with Gasteiger partial charge < -0.3 is 4.90 Å². The van der Waals surface area contributed by atoms with E-state index in [9.17, 15) is 14.9 Å². The maximum absolute atomic E-state index is 12.4. The van der Waals surface area contributed by atoms with Crippen molar-refractivity contribution in [1.29, 1.82) is 0 Å². The molecule has 0 radical (unpaired) electrons. The third-order valence-electron chi connectivity index (χ3n) is 4.49. The minimum absolute atomic E-state index is 0.0267. The number of amides is 1. The van der Waals surface area contributed by atoms with Gasteiger partial charge in [-0.25, -0.2) is 0 Å². The Hall–Kier alpha value is -2.26. The molecular formula is C17H20BrN5O3. The topological polar surface area (TPSA) is 84.5 Å². The Morgan fingerprint density at radius 3 is 2.58 bits per heavy atom. The minimum Gasteiger partial charge on any atom is -0.339 e. The van der Waals surface area contributed by atoms with Gasteiger partial charge in [0.15, 0.2) is 0 Å². The van der Waals surface area contributed by atoms with Crippen LogP contribution in [0.2, 0.25) is 0 Å². The number of hydrogen-bond donors (Lipinski definition) is 0. The second-order valence-corrected chi connectivity index (χ2v) is 7.16. The zero-order valence-corrected chi connectivity index (χ0v) is 16.1. The molecule has 138 valence electrons. The standard InChI is InChI=1S/C17H20BrN5O3/c1-13-16(23(25)26)11-22(19-13)12-17(24)21-8-6-20(7-9-21)10-14-4-2-3-5-15(14)18/h2-5,11H,6-10,12H2,1H3. The monoisotopic (exact) mass is 421 g/mol. The van der Waals surface area contributed by atoms with E-state index in [1.54, 1.807) is 11.8 Å². The van der Waals surface area contributed by atoms with Gasteiger partial charge in [-0.05, 0) is 18.6 Å². The first-order chi connectivity index (χ1) is 12.4. The molecule has 1 saturated heterocycles. The van der Waals surface area contributed by atoms with Crippen LogP contribution in [0.4, 0.5) is 5.69 Å². The fourth-order valence-electron chi connectivity index (χ4n) is 3.03. The lowest BCUT2D eigenvalue weighted by Gasteiger charge is -2.34. The van der Waals surface area contributed by atoms with Crippen molar-refractivity contribution in [2.45, 2.75) is 20.0 Å². The number of benzene rings is 1. The van der Waals surface area contributed by atoms with Crippen molar-refractivity contribution in [3.8, 4) is 0 Å². The second-order valence-electron chi connectivity index (χ2n) is 6.30. The fraction of sp³-hybridized carbons (Fsp3) is 0.412. The van der Waals surface area contributed by atoms with E-state index in [2.05, 4.69) is 32.0 Å². The Morgan fingerprint density at radius 1 is 1.27 bits per heavy atom. The highest BCUT2D eigenvalue weighted by molar-refractivity contribution is 9.10. The van der Waals surface area contributed by atoms with Crippen LogP contribution in [0, 0.1) is 17.0 Å². The second kappa shape index (κ2) is 7.96. The molecule has 2 heterocycles. The van der Waals surface area contributed by atoms with E-state index in [0.29, 0.717) is 18.8 Å². The summed E-state index contributed by atoms with van der Waals surface area (Å²) in [5, 5.41) is 14.9. The van der Waals surface area contributed by atoms with Crippen molar-refractivity contribution in [2.24, 2.45) is 0 Å². The third kappa shape index (κ3) is 4.28. The molecule has 1 aliphatic rings. The van der Waals surface area contributed by atoms with Crippen LogP contribution in [0.1, 0.15) is 11.3 Å². The highest BCUT2D eigenvalue weighted by Crippen LogP contribution is 2.19. The molecule has 0 unspecified atom stereocenters. The maximum Gasteiger partial charge on any atom is 0.309 e. The summed E-state index contributed by atoms with van der Waals surface area (Å²) < 4.78 is 2.44. The van der Waals surface area contributed by atoms with Crippen molar-refractivity contribution in [3.05, 3.63) is 56.3 Å². The van der Waals surface area contributed by atoms with Crippen LogP contribution in [-0.4, -0.2) is 56.6 Å². The van der Waals surface area contributed by atoms with Gasteiger partial charge in [-0.3, -0.25) is 24.5 Å². The van der Waals surface area contributed by atoms with Gasteiger partial charge in [0, 0.05) is 37.2 Å². The molecule has 0 atom stereocenters. The van der Waals surface area contributed by atoms with Crippen LogP contribution >= 0.6 is 15.9 Å². The van der Waals surface area contributed by atoms with Gasteiger partial charge in [0.25, 0.3) is 0 Å². The zero-order valence-electron chi connectivity index (χ0n) is 14.5. The van der Waals surface area contributed by atoms with E-state index in [1.165, 1.54) is 16.4 Å². The molecule has 0 spiro atoms. The molecule has 0 bridgehead atoms. The van der Waals surface area contributed by atoms with Gasteiger partial charge >= 0.3 is 5.69 Å². The summed E-state index contributed by atoms with van der Waals surface area (Å²) in [6, 6.07) is 8.13. The van der Waals surface area contributed by atoms with E-state index in [-0.39, 0.29) is 18.1 Å². The van der Waals surface area contributed by atoms with E-state index < -0.39 is 4.92 Å². The van der Waals surface area contributed by atoms with Gasteiger partial charge in [-0.15, -0.1) is 0 Å². The molecule has 1 fully saturated rings. The lowest BCUT2D eigenvalue weighted by molar-refractivity contribution is -0.385. The quantitative estimate of drug-likeness (QED) is 0.545. The maximum atomic E-state index is 12.4. The molecule has 1 amide bonds. The van der Waals surface area contributed by atoms with Crippen LogP contribution < -0.4 is 0 Å². The highest BCUT2D eigenvalue weighted by Gasteiger charge is 2.23. The Balaban J connectivity index is 1.53. The SMILES string of the molecule is Cc1nn(CC(=O)N2CCN(Cc3ccccc3Br)CC2)cc1[N+](=O)[O-]. The fourth-order valence-corrected chi connectivity index (χ4v) is 3.44. The first kappa shape index (κ1) is 18.5. The van der Waals surface area contributed by atoms with E-state index in [0.717, 1.165) is 24.1 Å². The number of aromatic nitrogens is 2. The molecule has 2 aromatic rings. The van der Waals surface area contributed by atoms with Gasteiger partial charge in [0.1, 0.15) is 18.4 Å². The van der Waals surface area contributed by atoms with Crippen molar-refractivity contribution >= 4 is 27.5 Å². The number of aryl methyl sites for hydroxylation is 1. The van der Waals surface area contributed by atoms with E-state index in [1.807, 2.05) is 18.2 Å². The number of carbonyl (C=O) groups is 1. The lowest BCUT2D eigenvalue weighted by atomic mass is 10.2. The van der Waals surface area contributed by atoms with Gasteiger partial charge in [-0.1, -0.05) is 34.1 Å². The van der Waals surface area contributed by atoms with Gasteiger partial charge in [0.2, 0.25) is 5.91 Å². The van der Waals surface area contributed by atoms with Crippen molar-refractivity contribution in [1.82, 2.24) is 19.6 Å². The summed E-state index contributed by atoms with van der Waals surface area (Å²) in [7, 11) is 0. The predicted molar refractivity (Wildman–Crippen MR) is 99.6 cm³/mol. The molecule has 1 aliphatic heterocycles. The number of nitrogens with zero attached hydrogens (tertiary/aromatic N) is 5. The van der Waals surface area contributed by atoms with Gasteiger partial charge in [-0.2, -0.15) is 5.10 Å². The molecule has 3 rings (SSSR count). The van der Waals surface area contributed by atoms with Gasteiger partial charge in [0.05, 0.1) is 4.92 Å². The molecule has 0 N–H and O–H groups in total. The summed E-state index contributed by atoms with van der Waals surface area (Å²) in [6.07, 6.45) is 1.32. The number of piperazine rings is 1. The summed E-state index contributed by atoms with van der Waals surface area (Å²) in [5.41, 5.74) is 1.49. The molecule has 0 aliphatic carbocycles. The average molecular weight is 422 g/mol. The normalized spacial score (nSPS) is 15.2. The van der Waals surface area contributed by atoms with Crippen LogP contribution in [0.3, 0.4) is 0 Å². The van der Waals surface area contributed by atoms with E-state index in [4.69, 9.17) is 0 Å². The predicted octanol–water partition coefficient (Wildman–Crippen LogP) is 2.21. The number of carbonyl (C=O) groups excluding carboxylic acids is 1. The van der Waals surface area contributed by atoms with Crippen molar-refractivity contribution in [2.75, 3.05) is 26.2 Å². The van der Waals surface area contributed by atoms with Crippen LogP contribution in [0.5, 0.6) is 0 Å². The van der Waals surface area contributed by atoms with Crippen molar-refractivity contribution < 1.29 is 9.72 Å². The Bertz CT molecular complexity index is 814. The van der Waals surface area contributed by atoms with Crippen LogP contribution in [0.15, 0.2) is 34.9 Å². The molecule has 9 heteroatoms. The van der Waals surface area contributed by atoms with Crippen LogP contribution in [-0.2, 0) is 17.9 Å². The number of rotatable bonds is 5. The minimum atomic E-state index is -0.482. The lowest BCUT2D eigenvalue weighted by Crippen LogP contribution is -2.49. The molecule has 26 heavy (non-hydrogen) atoms. The summed E-state index contributed by atoms with van der Waals surface area (Å²) in [5.74, 6) is -0.0667. The zero-order chi connectivity index (χ0) is 18.7. The number of nitro groups is 1. The van der Waals surface area contributed by atoms with E-state index >= 15 is 0 Å². The summed E-state index contributed by atoms with van der Waals surface area (Å²) in [6.45, 7) is 5.32. The average Bonchev–Trinajstić information content (AvgIpc) is 2.98. The highest BCUT2D eigenvalue weighted by atomic mass is 79.9. The largest absolute Gasteiger partial charge is 0.339 e. The third-order valence-corrected chi connectivity index (χ3v) is 5.26. The molecule has 0 saturated carbocycles.